The van der Waals surface area contributed by atoms with E-state index in [1.54, 1.807) is 24.1 Å². The van der Waals surface area contributed by atoms with Crippen molar-refractivity contribution in [2.45, 2.75) is 51.1 Å². The molecule has 4 amide bonds. The van der Waals surface area contributed by atoms with Crippen LogP contribution in [0.5, 0.6) is 0 Å². The average Bonchev–Trinajstić information content (AvgIpc) is 3.33. The summed E-state index contributed by atoms with van der Waals surface area (Å²) in [4.78, 5) is 46.1. The van der Waals surface area contributed by atoms with Crippen molar-refractivity contribution in [2.24, 2.45) is 0 Å². The van der Waals surface area contributed by atoms with Crippen molar-refractivity contribution < 1.29 is 24.0 Å². The van der Waals surface area contributed by atoms with E-state index in [1.807, 2.05) is 24.3 Å². The number of amides is 4. The molecule has 1 aromatic heterocycles. The molecule has 2 aromatic carbocycles. The highest BCUT2D eigenvalue weighted by Crippen LogP contribution is 2.36. The highest BCUT2D eigenvalue weighted by atomic mass is 16.8. The molecule has 9 heteroatoms. The lowest BCUT2D eigenvalue weighted by atomic mass is 9.97. The molecule has 1 N–H and O–H groups in total. The molecule has 2 unspecified atom stereocenters. The largest absolute Gasteiger partial charge is 0.350 e. The van der Waals surface area contributed by atoms with Crippen LogP contribution in [0.25, 0.3) is 10.9 Å². The molecule has 2 saturated heterocycles. The lowest BCUT2D eigenvalue weighted by molar-refractivity contribution is -0.186. The normalized spacial score (nSPS) is 21.6. The third-order valence-electron chi connectivity index (χ3n) is 7.41. The fourth-order valence-electron chi connectivity index (χ4n) is 5.45. The van der Waals surface area contributed by atoms with Crippen LogP contribution in [-0.4, -0.2) is 58.2 Å². The van der Waals surface area contributed by atoms with Gasteiger partial charge in [-0.3, -0.25) is 14.5 Å². The number of nitrogens with zero attached hydrogens (tertiary/aromatic N) is 3. The molecule has 4 heterocycles. The summed E-state index contributed by atoms with van der Waals surface area (Å²) >= 11 is 0. The van der Waals surface area contributed by atoms with Gasteiger partial charge in [-0.2, -0.15) is 0 Å². The van der Waals surface area contributed by atoms with Crippen molar-refractivity contribution >= 4 is 28.7 Å². The minimum atomic E-state index is -0.437. The Morgan fingerprint density at radius 1 is 1.11 bits per heavy atom. The van der Waals surface area contributed by atoms with Crippen molar-refractivity contribution in [3.8, 4) is 0 Å². The zero-order chi connectivity index (χ0) is 24.8. The van der Waals surface area contributed by atoms with Crippen molar-refractivity contribution in [2.75, 3.05) is 13.7 Å². The number of rotatable bonds is 5. The number of ether oxygens (including phenoxy) is 1. The Balaban J connectivity index is 1.23. The van der Waals surface area contributed by atoms with Crippen molar-refractivity contribution in [3.63, 3.8) is 0 Å². The summed E-state index contributed by atoms with van der Waals surface area (Å²) in [6, 6.07) is 14.9. The van der Waals surface area contributed by atoms with Gasteiger partial charge in [-0.25, -0.2) is 15.1 Å². The van der Waals surface area contributed by atoms with E-state index < -0.39 is 12.3 Å². The number of para-hydroxylation sites is 1. The molecular weight excluding hydrogens is 460 g/mol. The first kappa shape index (κ1) is 22.8. The fourth-order valence-corrected chi connectivity index (χ4v) is 5.45. The predicted molar refractivity (Wildman–Crippen MR) is 131 cm³/mol. The van der Waals surface area contributed by atoms with Crippen molar-refractivity contribution in [1.82, 2.24) is 19.8 Å². The molecule has 0 radical (unpaired) electrons. The fraction of sp³-hybridized carbons (Fsp3) is 0.370. The topological polar surface area (TPSA) is 93.1 Å². The highest BCUT2D eigenvalue weighted by Gasteiger charge is 2.46. The number of carbonyl (C=O) groups excluding carboxylic acids is 3. The van der Waals surface area contributed by atoms with Gasteiger partial charge in [-0.05, 0) is 42.2 Å². The molecule has 3 aromatic rings. The summed E-state index contributed by atoms with van der Waals surface area (Å²) in [6.07, 6.45) is 2.92. The van der Waals surface area contributed by atoms with Crippen LogP contribution < -0.4 is 5.48 Å². The van der Waals surface area contributed by atoms with E-state index in [0.29, 0.717) is 31.7 Å². The quantitative estimate of drug-likeness (QED) is 0.440. The van der Waals surface area contributed by atoms with E-state index in [1.165, 1.54) is 4.90 Å². The first-order valence-electron chi connectivity index (χ1n) is 12.3. The SMILES string of the molecule is CN1C(=O)C2Cc3c(n(Cc4ccc(C(=O)NOC5CCCCO5)cc4)c4ccccc34)CN2C1=O. The Morgan fingerprint density at radius 3 is 2.69 bits per heavy atom. The van der Waals surface area contributed by atoms with Crippen LogP contribution in [0.2, 0.25) is 0 Å². The second-order valence-corrected chi connectivity index (χ2v) is 9.60. The number of hydrogen-bond donors (Lipinski definition) is 1. The molecule has 36 heavy (non-hydrogen) atoms. The van der Waals surface area contributed by atoms with E-state index in [9.17, 15) is 14.4 Å². The molecule has 6 rings (SSSR count). The second kappa shape index (κ2) is 9.07. The third-order valence-corrected chi connectivity index (χ3v) is 7.41. The monoisotopic (exact) mass is 488 g/mol. The smallest absolute Gasteiger partial charge is 0.327 e. The molecule has 0 bridgehead atoms. The minimum absolute atomic E-state index is 0.143. The number of urea groups is 1. The molecular formula is C27H28N4O5. The Labute approximate surface area is 208 Å². The number of aromatic nitrogens is 1. The van der Waals surface area contributed by atoms with E-state index in [-0.39, 0.29) is 17.8 Å². The minimum Gasteiger partial charge on any atom is -0.350 e. The summed E-state index contributed by atoms with van der Waals surface area (Å²) < 4.78 is 7.70. The standard InChI is InChI=1S/C27H28N4O5/c1-29-26(33)22-14-20-19-6-2-3-7-21(19)30(23(20)16-31(22)27(29)34)15-17-9-11-18(12-10-17)25(32)28-36-24-8-4-5-13-35-24/h2-3,6-7,9-12,22,24H,4-5,8,13-16H2,1H3,(H,28,32). The van der Waals surface area contributed by atoms with Gasteiger partial charge in [0.05, 0.1) is 6.54 Å². The van der Waals surface area contributed by atoms with E-state index in [2.05, 4.69) is 22.2 Å². The number of imide groups is 1. The Hall–Kier alpha value is -3.69. The van der Waals surface area contributed by atoms with Gasteiger partial charge in [0, 0.05) is 55.2 Å². The van der Waals surface area contributed by atoms with E-state index in [4.69, 9.17) is 9.57 Å². The molecule has 9 nitrogen and oxygen atoms in total. The maximum Gasteiger partial charge on any atom is 0.327 e. The van der Waals surface area contributed by atoms with Gasteiger partial charge >= 0.3 is 6.03 Å². The van der Waals surface area contributed by atoms with Gasteiger partial charge in [-0.1, -0.05) is 30.3 Å². The van der Waals surface area contributed by atoms with Gasteiger partial charge in [0.1, 0.15) is 6.04 Å². The number of hydroxylamine groups is 1. The summed E-state index contributed by atoms with van der Waals surface area (Å²) in [6.45, 7) is 1.62. The molecule has 0 saturated carbocycles. The summed E-state index contributed by atoms with van der Waals surface area (Å²) in [5.41, 5.74) is 7.26. The second-order valence-electron chi connectivity index (χ2n) is 9.60. The number of hydrogen-bond acceptors (Lipinski definition) is 5. The molecule has 0 spiro atoms. The Morgan fingerprint density at radius 2 is 1.92 bits per heavy atom. The predicted octanol–water partition coefficient (Wildman–Crippen LogP) is 3.20. The van der Waals surface area contributed by atoms with Crippen molar-refractivity contribution in [3.05, 3.63) is 70.9 Å². The molecule has 2 atom stereocenters. The zero-order valence-electron chi connectivity index (χ0n) is 20.1. The highest BCUT2D eigenvalue weighted by molar-refractivity contribution is 6.05. The van der Waals surface area contributed by atoms with E-state index >= 15 is 0 Å². The number of carbonyl (C=O) groups is 3. The Bertz CT molecular complexity index is 1340. The number of benzene rings is 2. The van der Waals surface area contributed by atoms with Gasteiger partial charge in [0.25, 0.3) is 11.8 Å². The first-order valence-corrected chi connectivity index (χ1v) is 12.3. The van der Waals surface area contributed by atoms with Crippen molar-refractivity contribution in [1.29, 1.82) is 0 Å². The maximum atomic E-state index is 12.7. The van der Waals surface area contributed by atoms with Gasteiger partial charge in [-0.15, -0.1) is 0 Å². The van der Waals surface area contributed by atoms with Crippen LogP contribution in [0, 0.1) is 0 Å². The van der Waals surface area contributed by atoms with Crippen LogP contribution in [-0.2, 0) is 33.9 Å². The van der Waals surface area contributed by atoms with Crippen LogP contribution in [0.1, 0.15) is 46.4 Å². The van der Waals surface area contributed by atoms with Crippen LogP contribution in [0.15, 0.2) is 48.5 Å². The van der Waals surface area contributed by atoms with Crippen LogP contribution in [0.3, 0.4) is 0 Å². The van der Waals surface area contributed by atoms with Gasteiger partial charge in [0.15, 0.2) is 6.29 Å². The molecule has 2 fully saturated rings. The number of likely N-dealkylation sites (N-methyl/N-ethyl adjacent to an activating group) is 1. The first-order chi connectivity index (χ1) is 17.5. The van der Waals surface area contributed by atoms with E-state index in [0.717, 1.165) is 47.0 Å². The van der Waals surface area contributed by atoms with Gasteiger partial charge < -0.3 is 14.2 Å². The van der Waals surface area contributed by atoms with Gasteiger partial charge in [0.2, 0.25) is 0 Å². The number of nitrogens with one attached hydrogen (secondary N) is 1. The van der Waals surface area contributed by atoms with Crippen LogP contribution >= 0.6 is 0 Å². The number of fused-ring (bicyclic) bond motifs is 4. The Kier molecular flexibility index (Phi) is 5.73. The lowest BCUT2D eigenvalue weighted by Crippen LogP contribution is -2.40. The molecule has 3 aliphatic heterocycles. The summed E-state index contributed by atoms with van der Waals surface area (Å²) in [7, 11) is 1.55. The summed E-state index contributed by atoms with van der Waals surface area (Å²) in [5, 5.41) is 1.11. The summed E-state index contributed by atoms with van der Waals surface area (Å²) in [5.74, 6) is -0.456. The molecule has 0 aliphatic carbocycles. The maximum absolute atomic E-state index is 12.7. The molecule has 186 valence electrons. The average molecular weight is 489 g/mol. The zero-order valence-corrected chi connectivity index (χ0v) is 20.1. The molecule has 3 aliphatic rings. The lowest BCUT2D eigenvalue weighted by Gasteiger charge is -2.28. The third kappa shape index (κ3) is 3.84. The van der Waals surface area contributed by atoms with Crippen LogP contribution in [0.4, 0.5) is 4.79 Å².